The van der Waals surface area contributed by atoms with Gasteiger partial charge in [0.25, 0.3) is 0 Å². The molecular weight excluding hydrogens is 478 g/mol. The van der Waals surface area contributed by atoms with Crippen molar-refractivity contribution in [3.05, 3.63) is 28.8 Å². The molecule has 7 nitrogen and oxygen atoms in total. The molecule has 0 amide bonds. The van der Waals surface area contributed by atoms with Crippen LogP contribution in [0.5, 0.6) is 5.75 Å². The normalized spacial score (nSPS) is 14.8. The molecule has 0 saturated carbocycles. The van der Waals surface area contributed by atoms with Crippen molar-refractivity contribution in [2.24, 2.45) is 5.73 Å². The van der Waals surface area contributed by atoms with Gasteiger partial charge in [-0.3, -0.25) is 0 Å². The molecule has 1 aromatic heterocycles. The number of hydrogen-bond donors (Lipinski definition) is 2. The van der Waals surface area contributed by atoms with Gasteiger partial charge in [-0.15, -0.1) is 10.2 Å². The molecule has 0 saturated heterocycles. The summed E-state index contributed by atoms with van der Waals surface area (Å²) in [6.45, 7) is 5.31. The van der Waals surface area contributed by atoms with E-state index >= 15 is 0 Å². The Morgan fingerprint density at radius 3 is 2.48 bits per heavy atom. The lowest BCUT2D eigenvalue weighted by Gasteiger charge is -2.20. The monoisotopic (exact) mass is 509 g/mol. The van der Waals surface area contributed by atoms with Crippen LogP contribution in [0.3, 0.4) is 0 Å². The van der Waals surface area contributed by atoms with Crippen LogP contribution in [0.15, 0.2) is 18.2 Å². The second-order valence-electron chi connectivity index (χ2n) is 7.96. The van der Waals surface area contributed by atoms with Crippen LogP contribution >= 0.6 is 19.7 Å². The molecule has 0 fully saturated rings. The zero-order valence-electron chi connectivity index (χ0n) is 19.0. The summed E-state index contributed by atoms with van der Waals surface area (Å²) in [4.78, 5) is 14.1. The van der Waals surface area contributed by atoms with Crippen molar-refractivity contribution < 1.29 is 32.4 Å². The summed E-state index contributed by atoms with van der Waals surface area (Å²) >= 11 is 1.06. The van der Waals surface area contributed by atoms with Crippen LogP contribution in [0.4, 0.5) is 13.2 Å². The van der Waals surface area contributed by atoms with Gasteiger partial charge in [0.05, 0.1) is 17.7 Å². The van der Waals surface area contributed by atoms with Crippen LogP contribution in [-0.4, -0.2) is 35.0 Å². The molecule has 2 atom stereocenters. The highest BCUT2D eigenvalue weighted by Gasteiger charge is 2.35. The van der Waals surface area contributed by atoms with E-state index in [9.17, 15) is 13.2 Å². The Morgan fingerprint density at radius 1 is 1.12 bits per heavy atom. The Bertz CT molecular complexity index is 866. The number of nitrogens with two attached hydrogens (primary N) is 1. The maximum atomic E-state index is 13.7. The lowest BCUT2D eigenvalue weighted by Crippen LogP contribution is -2.38. The molecule has 0 aliphatic heterocycles. The first-order chi connectivity index (χ1) is 15.5. The molecule has 3 N–H and O–H groups in total. The third kappa shape index (κ3) is 9.07. The van der Waals surface area contributed by atoms with Crippen LogP contribution in [0.2, 0.25) is 0 Å². The van der Waals surface area contributed by atoms with Crippen molar-refractivity contribution in [3.8, 4) is 16.3 Å². The van der Waals surface area contributed by atoms with Gasteiger partial charge in [0.2, 0.25) is 8.38 Å². The number of hydrogen-bond acceptors (Lipinski definition) is 8. The molecule has 1 unspecified atom stereocenters. The van der Waals surface area contributed by atoms with E-state index in [1.807, 2.05) is 0 Å². The molecule has 1 heterocycles. The topological polar surface area (TPSA) is 99.7 Å². The fraction of sp³-hybridized carbons (Fsp3) is 0.619. The average molecular weight is 510 g/mol. The van der Waals surface area contributed by atoms with E-state index in [1.54, 1.807) is 6.92 Å². The van der Waals surface area contributed by atoms with Gasteiger partial charge in [0.1, 0.15) is 22.4 Å². The van der Waals surface area contributed by atoms with E-state index in [2.05, 4.69) is 21.8 Å². The zero-order chi connectivity index (χ0) is 24.5. The minimum Gasteiger partial charge on any atom is -0.493 e. The SMILES string of the molecule is CCCCCCCCOc1ccc(-c2nnc([C@@](C)(N)COOP(C)O)s2)cc1C(F)(F)F. The number of rotatable bonds is 14. The summed E-state index contributed by atoms with van der Waals surface area (Å²) in [5.74, 6) is -0.196. The maximum Gasteiger partial charge on any atom is 0.419 e. The molecule has 2 aromatic rings. The molecule has 33 heavy (non-hydrogen) atoms. The third-order valence-electron chi connectivity index (χ3n) is 4.72. The minimum atomic E-state index is -4.57. The van der Waals surface area contributed by atoms with Crippen molar-refractivity contribution in [1.29, 1.82) is 0 Å². The first-order valence-corrected chi connectivity index (χ1v) is 13.2. The first-order valence-electron chi connectivity index (χ1n) is 10.7. The fourth-order valence-corrected chi connectivity index (χ4v) is 4.02. The van der Waals surface area contributed by atoms with Gasteiger partial charge in [-0.1, -0.05) is 50.4 Å². The molecule has 0 aliphatic carbocycles. The molecular formula is C21H31F3N3O4PS. The molecule has 12 heteroatoms. The molecule has 0 spiro atoms. The van der Waals surface area contributed by atoms with Crippen LogP contribution in [-0.2, 0) is 21.3 Å². The molecule has 0 bridgehead atoms. The number of halogens is 3. The van der Waals surface area contributed by atoms with Crippen molar-refractivity contribution in [3.63, 3.8) is 0 Å². The summed E-state index contributed by atoms with van der Waals surface area (Å²) in [6.07, 6.45) is 1.56. The second kappa shape index (κ2) is 12.9. The highest BCUT2D eigenvalue weighted by Crippen LogP contribution is 2.40. The molecule has 186 valence electrons. The van der Waals surface area contributed by atoms with Crippen LogP contribution < -0.4 is 10.5 Å². The Labute approximate surface area is 197 Å². The van der Waals surface area contributed by atoms with E-state index in [4.69, 9.17) is 20.3 Å². The summed E-state index contributed by atoms with van der Waals surface area (Å²) < 4.78 is 51.2. The smallest absolute Gasteiger partial charge is 0.419 e. The zero-order valence-corrected chi connectivity index (χ0v) is 20.7. The number of nitrogens with zero attached hydrogens (tertiary/aromatic N) is 2. The van der Waals surface area contributed by atoms with Gasteiger partial charge < -0.3 is 15.4 Å². The molecule has 0 aliphatic rings. The van der Waals surface area contributed by atoms with Crippen molar-refractivity contribution in [1.82, 2.24) is 10.2 Å². The second-order valence-corrected chi connectivity index (χ2v) is 10.0. The third-order valence-corrected chi connectivity index (χ3v) is 6.29. The van der Waals surface area contributed by atoms with Crippen LogP contribution in [0.1, 0.15) is 62.9 Å². The number of unbranched alkanes of at least 4 members (excludes halogenated alkanes) is 5. The molecule has 1 aromatic carbocycles. The van der Waals surface area contributed by atoms with Crippen LogP contribution in [0.25, 0.3) is 10.6 Å². The Kier molecular flexibility index (Phi) is 10.9. The number of ether oxygens (including phenoxy) is 1. The van der Waals surface area contributed by atoms with E-state index in [1.165, 1.54) is 25.2 Å². The van der Waals surface area contributed by atoms with E-state index in [0.717, 1.165) is 43.1 Å². The molecule has 0 radical (unpaired) electrons. The van der Waals surface area contributed by atoms with Gasteiger partial charge in [-0.05, 0) is 31.5 Å². The van der Waals surface area contributed by atoms with Crippen molar-refractivity contribution in [2.45, 2.75) is 64.1 Å². The number of benzene rings is 1. The Morgan fingerprint density at radius 2 is 1.82 bits per heavy atom. The quantitative estimate of drug-likeness (QED) is 0.139. The predicted octanol–water partition coefficient (Wildman–Crippen LogP) is 6.02. The van der Waals surface area contributed by atoms with Gasteiger partial charge in [-0.2, -0.15) is 17.8 Å². The summed E-state index contributed by atoms with van der Waals surface area (Å²) in [5, 5.41) is 8.65. The van der Waals surface area contributed by atoms with E-state index in [-0.39, 0.29) is 29.5 Å². The van der Waals surface area contributed by atoms with Crippen LogP contribution in [0, 0.1) is 0 Å². The Balaban J connectivity index is 2.09. The van der Waals surface area contributed by atoms with Gasteiger partial charge in [0.15, 0.2) is 0 Å². The van der Waals surface area contributed by atoms with Gasteiger partial charge in [0, 0.05) is 12.2 Å². The van der Waals surface area contributed by atoms with Crippen molar-refractivity contribution in [2.75, 3.05) is 19.9 Å². The van der Waals surface area contributed by atoms with E-state index < -0.39 is 25.7 Å². The summed E-state index contributed by atoms with van der Waals surface area (Å²) in [5.41, 5.74) is 4.48. The standard InChI is InChI=1S/C21H31F3N3O4PS/c1-4-5-6-7-8-9-12-29-17-11-10-15(13-16(17)21(22,23)24)18-26-27-19(33-18)20(2,25)14-30-31-32(3)28/h10-11,13,28H,4-9,12,14,25H2,1-3H3/t20-,32?/m0/s1. The first kappa shape index (κ1) is 27.9. The maximum absolute atomic E-state index is 13.7. The average Bonchev–Trinajstić information content (AvgIpc) is 3.23. The highest BCUT2D eigenvalue weighted by atomic mass is 32.1. The van der Waals surface area contributed by atoms with Crippen molar-refractivity contribution >= 4 is 19.7 Å². The number of alkyl halides is 3. The highest BCUT2D eigenvalue weighted by molar-refractivity contribution is 7.45. The predicted molar refractivity (Wildman–Crippen MR) is 123 cm³/mol. The largest absolute Gasteiger partial charge is 0.493 e. The summed E-state index contributed by atoms with van der Waals surface area (Å²) in [6, 6.07) is 3.86. The fourth-order valence-electron chi connectivity index (χ4n) is 2.93. The lowest BCUT2D eigenvalue weighted by atomic mass is 10.1. The number of aromatic nitrogens is 2. The molecule has 2 rings (SSSR count). The van der Waals surface area contributed by atoms with Gasteiger partial charge >= 0.3 is 6.18 Å². The van der Waals surface area contributed by atoms with Gasteiger partial charge in [-0.25, -0.2) is 4.89 Å². The van der Waals surface area contributed by atoms with E-state index in [0.29, 0.717) is 11.4 Å². The Hall–Kier alpha value is -1.36. The summed E-state index contributed by atoms with van der Waals surface area (Å²) in [7, 11) is -1.71. The lowest BCUT2D eigenvalue weighted by molar-refractivity contribution is -0.217. The minimum absolute atomic E-state index is 0.117.